The Kier molecular flexibility index (Phi) is 8.63. The number of rotatable bonds is 6. The van der Waals surface area contributed by atoms with Crippen molar-refractivity contribution in [3.05, 3.63) is 12.5 Å². The van der Waals surface area contributed by atoms with E-state index in [0.29, 0.717) is 25.8 Å². The standard InChI is InChI=1S/C19H33N5O4S/c1-4-16(5-2)22-19(26)15-7-6-11-24(12-9-17(25)20-10-8-15)29(27,28)18-13-23(3)14-21-18/h13-16H,4-12H2,1-3H3,(H,20,25)(H,22,26). The normalized spacial score (nSPS) is 20.1. The van der Waals surface area contributed by atoms with Crippen LogP contribution < -0.4 is 10.6 Å². The summed E-state index contributed by atoms with van der Waals surface area (Å²) >= 11 is 0. The Bertz CT molecular complexity index is 788. The van der Waals surface area contributed by atoms with Gasteiger partial charge >= 0.3 is 0 Å². The van der Waals surface area contributed by atoms with Crippen LogP contribution in [0.4, 0.5) is 0 Å². The lowest BCUT2D eigenvalue weighted by atomic mass is 9.97. The molecule has 0 bridgehead atoms. The molecular formula is C19H33N5O4S. The summed E-state index contributed by atoms with van der Waals surface area (Å²) in [6.45, 7) is 4.82. The Hall–Kier alpha value is -1.94. The molecule has 1 fully saturated rings. The van der Waals surface area contributed by atoms with Crippen LogP contribution in [0.15, 0.2) is 17.6 Å². The van der Waals surface area contributed by atoms with Crippen LogP contribution in [0.25, 0.3) is 0 Å². The number of amides is 2. The molecule has 0 radical (unpaired) electrons. The molecule has 2 heterocycles. The lowest BCUT2D eigenvalue weighted by Crippen LogP contribution is -2.39. The molecule has 29 heavy (non-hydrogen) atoms. The van der Waals surface area contributed by atoms with Gasteiger partial charge in [-0.15, -0.1) is 0 Å². The molecule has 2 N–H and O–H groups in total. The van der Waals surface area contributed by atoms with Crippen LogP contribution in [0, 0.1) is 5.92 Å². The fourth-order valence-electron chi connectivity index (χ4n) is 3.44. The summed E-state index contributed by atoms with van der Waals surface area (Å²) in [4.78, 5) is 28.8. The van der Waals surface area contributed by atoms with Crippen molar-refractivity contribution in [2.24, 2.45) is 13.0 Å². The SMILES string of the molecule is CCC(CC)NC(=O)C1CCCN(S(=O)(=O)c2cn(C)cn2)CCC(=O)NCC1. The molecule has 1 aromatic rings. The maximum Gasteiger partial charge on any atom is 0.262 e. The van der Waals surface area contributed by atoms with Crippen LogP contribution in [0.3, 0.4) is 0 Å². The number of hydrogen-bond donors (Lipinski definition) is 2. The van der Waals surface area contributed by atoms with Crippen molar-refractivity contribution in [1.82, 2.24) is 24.5 Å². The summed E-state index contributed by atoms with van der Waals surface area (Å²) < 4.78 is 28.7. The minimum Gasteiger partial charge on any atom is -0.356 e. The molecule has 0 spiro atoms. The van der Waals surface area contributed by atoms with E-state index in [4.69, 9.17) is 0 Å². The molecule has 0 aliphatic carbocycles. The highest BCUT2D eigenvalue weighted by molar-refractivity contribution is 7.89. The Labute approximate surface area is 173 Å². The molecule has 1 atom stereocenters. The number of aryl methyl sites for hydroxylation is 1. The van der Waals surface area contributed by atoms with E-state index in [1.807, 2.05) is 13.8 Å². The van der Waals surface area contributed by atoms with Gasteiger partial charge in [0.25, 0.3) is 10.0 Å². The zero-order chi connectivity index (χ0) is 21.4. The number of carbonyl (C=O) groups is 2. The predicted molar refractivity (Wildman–Crippen MR) is 109 cm³/mol. The summed E-state index contributed by atoms with van der Waals surface area (Å²) in [5, 5.41) is 5.84. The van der Waals surface area contributed by atoms with Crippen molar-refractivity contribution in [2.45, 2.75) is 63.4 Å². The third-order valence-corrected chi connectivity index (χ3v) is 7.14. The molecule has 10 heteroatoms. The zero-order valence-electron chi connectivity index (χ0n) is 17.6. The van der Waals surface area contributed by atoms with Gasteiger partial charge in [0.1, 0.15) is 0 Å². The van der Waals surface area contributed by atoms with Gasteiger partial charge in [0.15, 0.2) is 5.03 Å². The molecular weight excluding hydrogens is 394 g/mol. The molecule has 2 amide bonds. The van der Waals surface area contributed by atoms with Crippen molar-refractivity contribution >= 4 is 21.8 Å². The lowest BCUT2D eigenvalue weighted by molar-refractivity contribution is -0.126. The summed E-state index contributed by atoms with van der Waals surface area (Å²) in [7, 11) is -2.08. The highest BCUT2D eigenvalue weighted by atomic mass is 32.2. The first kappa shape index (κ1) is 23.3. The highest BCUT2D eigenvalue weighted by Crippen LogP contribution is 2.18. The topological polar surface area (TPSA) is 113 Å². The number of aromatic nitrogens is 2. The van der Waals surface area contributed by atoms with Gasteiger partial charge in [0, 0.05) is 51.3 Å². The van der Waals surface area contributed by atoms with E-state index < -0.39 is 10.0 Å². The maximum atomic E-state index is 12.9. The van der Waals surface area contributed by atoms with Gasteiger partial charge in [-0.1, -0.05) is 13.8 Å². The summed E-state index contributed by atoms with van der Waals surface area (Å²) in [6, 6.07) is 0.135. The third kappa shape index (κ3) is 6.53. The quantitative estimate of drug-likeness (QED) is 0.704. The van der Waals surface area contributed by atoms with Gasteiger partial charge < -0.3 is 15.2 Å². The smallest absolute Gasteiger partial charge is 0.262 e. The van der Waals surface area contributed by atoms with Gasteiger partial charge in [-0.25, -0.2) is 13.4 Å². The van der Waals surface area contributed by atoms with Crippen LogP contribution in [-0.2, 0) is 26.7 Å². The van der Waals surface area contributed by atoms with Crippen molar-refractivity contribution in [1.29, 1.82) is 0 Å². The first-order valence-corrected chi connectivity index (χ1v) is 11.8. The van der Waals surface area contributed by atoms with Gasteiger partial charge in [0.2, 0.25) is 11.8 Å². The predicted octanol–water partition coefficient (Wildman–Crippen LogP) is 1.02. The van der Waals surface area contributed by atoms with Crippen LogP contribution in [0.2, 0.25) is 0 Å². The molecule has 9 nitrogen and oxygen atoms in total. The Morgan fingerprint density at radius 3 is 2.66 bits per heavy atom. The summed E-state index contributed by atoms with van der Waals surface area (Å²) in [5.41, 5.74) is 0. The molecule has 1 unspecified atom stereocenters. The fraction of sp³-hybridized carbons (Fsp3) is 0.737. The monoisotopic (exact) mass is 427 g/mol. The molecule has 1 aliphatic heterocycles. The molecule has 164 valence electrons. The molecule has 2 rings (SSSR count). The van der Waals surface area contributed by atoms with E-state index >= 15 is 0 Å². The average molecular weight is 428 g/mol. The average Bonchev–Trinajstić information content (AvgIpc) is 3.11. The van der Waals surface area contributed by atoms with Crippen LogP contribution in [-0.4, -0.2) is 59.8 Å². The number of nitrogens with one attached hydrogen (secondary N) is 2. The summed E-state index contributed by atoms with van der Waals surface area (Å²) in [5.74, 6) is -0.494. The van der Waals surface area contributed by atoms with E-state index in [1.165, 1.54) is 16.8 Å². The Morgan fingerprint density at radius 2 is 2.03 bits per heavy atom. The van der Waals surface area contributed by atoms with E-state index in [-0.39, 0.29) is 48.3 Å². The fourth-order valence-corrected chi connectivity index (χ4v) is 4.88. The first-order valence-electron chi connectivity index (χ1n) is 10.3. The third-order valence-electron chi connectivity index (χ3n) is 5.35. The zero-order valence-corrected chi connectivity index (χ0v) is 18.4. The second-order valence-corrected chi connectivity index (χ2v) is 9.42. The molecule has 1 saturated heterocycles. The van der Waals surface area contributed by atoms with E-state index in [9.17, 15) is 18.0 Å². The second kappa shape index (κ2) is 10.7. The minimum atomic E-state index is -3.79. The van der Waals surface area contributed by atoms with Crippen LogP contribution in [0.5, 0.6) is 0 Å². The minimum absolute atomic E-state index is 0.0219. The van der Waals surface area contributed by atoms with Crippen molar-refractivity contribution in [3.8, 4) is 0 Å². The van der Waals surface area contributed by atoms with Crippen molar-refractivity contribution < 1.29 is 18.0 Å². The maximum absolute atomic E-state index is 12.9. The Morgan fingerprint density at radius 1 is 1.31 bits per heavy atom. The van der Waals surface area contributed by atoms with Crippen LogP contribution >= 0.6 is 0 Å². The number of carbonyl (C=O) groups excluding carboxylic acids is 2. The number of hydrogen-bond acceptors (Lipinski definition) is 5. The molecule has 0 saturated carbocycles. The number of sulfonamides is 1. The lowest BCUT2D eigenvalue weighted by Gasteiger charge is -2.22. The number of imidazole rings is 1. The van der Waals surface area contributed by atoms with Crippen LogP contribution in [0.1, 0.15) is 52.4 Å². The highest BCUT2D eigenvalue weighted by Gasteiger charge is 2.28. The number of nitrogens with zero attached hydrogens (tertiary/aromatic N) is 3. The van der Waals surface area contributed by atoms with Crippen molar-refractivity contribution in [3.63, 3.8) is 0 Å². The van der Waals surface area contributed by atoms with E-state index in [0.717, 1.165) is 12.8 Å². The first-order chi connectivity index (χ1) is 13.8. The van der Waals surface area contributed by atoms with E-state index in [1.54, 1.807) is 11.6 Å². The summed E-state index contributed by atoms with van der Waals surface area (Å²) in [6.07, 6.45) is 6.35. The Balaban J connectivity index is 2.12. The van der Waals surface area contributed by atoms with Gasteiger partial charge in [0.05, 0.1) is 6.33 Å². The van der Waals surface area contributed by atoms with Gasteiger partial charge in [-0.05, 0) is 32.1 Å². The molecule has 0 aromatic carbocycles. The van der Waals surface area contributed by atoms with E-state index in [2.05, 4.69) is 15.6 Å². The van der Waals surface area contributed by atoms with Crippen molar-refractivity contribution in [2.75, 3.05) is 19.6 Å². The van der Waals surface area contributed by atoms with Gasteiger partial charge in [-0.2, -0.15) is 4.31 Å². The van der Waals surface area contributed by atoms with Gasteiger partial charge in [-0.3, -0.25) is 9.59 Å². The second-order valence-electron chi connectivity index (χ2n) is 7.53. The molecule has 1 aromatic heterocycles. The molecule has 1 aliphatic rings. The largest absolute Gasteiger partial charge is 0.356 e.